The predicted octanol–water partition coefficient (Wildman–Crippen LogP) is 1.00. The summed E-state index contributed by atoms with van der Waals surface area (Å²) in [6.07, 6.45) is 2.33. The van der Waals surface area contributed by atoms with Gasteiger partial charge in [0.05, 0.1) is 6.10 Å². The van der Waals surface area contributed by atoms with Gasteiger partial charge < -0.3 is 15.4 Å². The Morgan fingerprint density at radius 1 is 1.36 bits per heavy atom. The molecule has 2 aliphatic rings. The number of benzene rings is 1. The quantitative estimate of drug-likeness (QED) is 0.852. The fourth-order valence-corrected chi connectivity index (χ4v) is 3.05. The number of nitrogens with one attached hydrogen (secondary N) is 2. The average Bonchev–Trinajstić information content (AvgIpc) is 3.07. The number of carbonyl (C=O) groups excluding carboxylic acids is 1. The molecule has 0 saturated carbocycles. The first-order valence-corrected chi connectivity index (χ1v) is 8.23. The van der Waals surface area contributed by atoms with E-state index in [2.05, 4.69) is 21.6 Å². The van der Waals surface area contributed by atoms with Crippen molar-refractivity contribution in [2.24, 2.45) is 0 Å². The Labute approximate surface area is 132 Å². The summed E-state index contributed by atoms with van der Waals surface area (Å²) in [4.78, 5) is 14.7. The first kappa shape index (κ1) is 15.5. The van der Waals surface area contributed by atoms with Crippen molar-refractivity contribution in [3.63, 3.8) is 0 Å². The van der Waals surface area contributed by atoms with Crippen molar-refractivity contribution in [1.82, 2.24) is 15.5 Å². The third-order valence-electron chi connectivity index (χ3n) is 4.32. The number of piperazine rings is 1. The Hall–Kier alpha value is -1.43. The Morgan fingerprint density at radius 2 is 2.23 bits per heavy atom. The van der Waals surface area contributed by atoms with Crippen molar-refractivity contribution in [1.29, 1.82) is 0 Å². The van der Waals surface area contributed by atoms with Gasteiger partial charge in [-0.25, -0.2) is 0 Å². The summed E-state index contributed by atoms with van der Waals surface area (Å²) in [7, 11) is 0. The van der Waals surface area contributed by atoms with E-state index < -0.39 is 0 Å². The molecule has 2 saturated heterocycles. The van der Waals surface area contributed by atoms with E-state index >= 15 is 0 Å². The molecule has 2 heterocycles. The molecule has 1 aromatic rings. The van der Waals surface area contributed by atoms with Gasteiger partial charge in [0.1, 0.15) is 0 Å². The minimum absolute atomic E-state index is 0.00217. The molecule has 3 rings (SSSR count). The highest BCUT2D eigenvalue weighted by atomic mass is 16.5. The number of nitrogens with zero attached hydrogens (tertiary/aromatic N) is 1. The van der Waals surface area contributed by atoms with Crippen LogP contribution in [-0.4, -0.2) is 56.2 Å². The maximum absolute atomic E-state index is 12.3. The van der Waals surface area contributed by atoms with Crippen LogP contribution in [0.1, 0.15) is 28.8 Å². The first-order chi connectivity index (χ1) is 10.8. The molecular weight excluding hydrogens is 278 g/mol. The summed E-state index contributed by atoms with van der Waals surface area (Å²) >= 11 is 0. The summed E-state index contributed by atoms with van der Waals surface area (Å²) in [5, 5.41) is 6.34. The van der Waals surface area contributed by atoms with E-state index in [1.165, 1.54) is 5.56 Å². The van der Waals surface area contributed by atoms with Gasteiger partial charge in [0.25, 0.3) is 5.91 Å². The van der Waals surface area contributed by atoms with Crippen LogP contribution in [0.5, 0.6) is 0 Å². The van der Waals surface area contributed by atoms with E-state index in [0.717, 1.165) is 57.7 Å². The van der Waals surface area contributed by atoms with E-state index in [0.29, 0.717) is 6.54 Å². The fraction of sp³-hybridized carbons (Fsp3) is 0.588. The molecule has 1 unspecified atom stereocenters. The van der Waals surface area contributed by atoms with Crippen LogP contribution in [0.3, 0.4) is 0 Å². The first-order valence-electron chi connectivity index (χ1n) is 8.23. The van der Waals surface area contributed by atoms with Crippen LogP contribution in [0.15, 0.2) is 24.3 Å². The minimum atomic E-state index is -0.00217. The third kappa shape index (κ3) is 4.29. The molecular formula is C17H25N3O2. The van der Waals surface area contributed by atoms with Crippen LogP contribution in [0.25, 0.3) is 0 Å². The monoisotopic (exact) mass is 303 g/mol. The third-order valence-corrected chi connectivity index (χ3v) is 4.32. The number of carbonyl (C=O) groups is 1. The smallest absolute Gasteiger partial charge is 0.251 e. The van der Waals surface area contributed by atoms with Gasteiger partial charge in [-0.3, -0.25) is 9.69 Å². The number of hydrogen-bond acceptors (Lipinski definition) is 4. The van der Waals surface area contributed by atoms with Gasteiger partial charge in [0.2, 0.25) is 0 Å². The summed E-state index contributed by atoms with van der Waals surface area (Å²) in [5.74, 6) is -0.00217. The van der Waals surface area contributed by atoms with E-state index in [4.69, 9.17) is 4.74 Å². The lowest BCUT2D eigenvalue weighted by molar-refractivity contribution is 0.0857. The molecule has 22 heavy (non-hydrogen) atoms. The van der Waals surface area contributed by atoms with Gasteiger partial charge >= 0.3 is 0 Å². The molecule has 0 spiro atoms. The molecule has 5 heteroatoms. The maximum atomic E-state index is 12.3. The van der Waals surface area contributed by atoms with Crippen LogP contribution in [0, 0.1) is 0 Å². The molecule has 120 valence electrons. The zero-order valence-electron chi connectivity index (χ0n) is 13.0. The highest BCUT2D eigenvalue weighted by Crippen LogP contribution is 2.12. The lowest BCUT2D eigenvalue weighted by Gasteiger charge is -2.27. The molecule has 5 nitrogen and oxygen atoms in total. The van der Waals surface area contributed by atoms with Crippen molar-refractivity contribution in [3.05, 3.63) is 35.4 Å². The molecule has 1 atom stereocenters. The summed E-state index contributed by atoms with van der Waals surface area (Å²) in [6.45, 7) is 6.56. The zero-order chi connectivity index (χ0) is 15.2. The largest absolute Gasteiger partial charge is 0.376 e. The molecule has 2 N–H and O–H groups in total. The van der Waals surface area contributed by atoms with E-state index in [1.807, 2.05) is 18.2 Å². The highest BCUT2D eigenvalue weighted by molar-refractivity contribution is 5.94. The Bertz CT molecular complexity index is 494. The summed E-state index contributed by atoms with van der Waals surface area (Å²) in [6, 6.07) is 7.95. The molecule has 0 aromatic heterocycles. The van der Waals surface area contributed by atoms with Gasteiger partial charge in [-0.05, 0) is 30.5 Å². The topological polar surface area (TPSA) is 53.6 Å². The predicted molar refractivity (Wildman–Crippen MR) is 85.9 cm³/mol. The van der Waals surface area contributed by atoms with Crippen LogP contribution in [0.2, 0.25) is 0 Å². The molecule has 2 aliphatic heterocycles. The molecule has 0 bridgehead atoms. The number of amides is 1. The Balaban J connectivity index is 1.53. The lowest BCUT2D eigenvalue weighted by atomic mass is 10.1. The molecule has 2 fully saturated rings. The maximum Gasteiger partial charge on any atom is 0.251 e. The second kappa shape index (κ2) is 7.72. The van der Waals surface area contributed by atoms with Crippen LogP contribution in [-0.2, 0) is 11.3 Å². The van der Waals surface area contributed by atoms with Gasteiger partial charge in [0.15, 0.2) is 0 Å². The van der Waals surface area contributed by atoms with Gasteiger partial charge in [0, 0.05) is 51.4 Å². The highest BCUT2D eigenvalue weighted by Gasteiger charge is 2.17. The SMILES string of the molecule is O=C(NCC1CCCO1)c1cccc(CN2CCNCC2)c1. The summed E-state index contributed by atoms with van der Waals surface area (Å²) < 4.78 is 5.54. The van der Waals surface area contributed by atoms with Crippen molar-refractivity contribution < 1.29 is 9.53 Å². The summed E-state index contributed by atoms with van der Waals surface area (Å²) in [5.41, 5.74) is 1.94. The lowest BCUT2D eigenvalue weighted by Crippen LogP contribution is -2.42. The fourth-order valence-electron chi connectivity index (χ4n) is 3.05. The second-order valence-corrected chi connectivity index (χ2v) is 6.07. The van der Waals surface area contributed by atoms with E-state index in [1.54, 1.807) is 0 Å². The standard InChI is InChI=1S/C17H25N3O2/c21-17(19-12-16-5-2-10-22-16)15-4-1-3-14(11-15)13-20-8-6-18-7-9-20/h1,3-4,11,16,18H,2,5-10,12-13H2,(H,19,21). The van der Waals surface area contributed by atoms with Crippen molar-refractivity contribution in [3.8, 4) is 0 Å². The van der Waals surface area contributed by atoms with Crippen molar-refractivity contribution in [2.45, 2.75) is 25.5 Å². The van der Waals surface area contributed by atoms with Crippen LogP contribution < -0.4 is 10.6 Å². The van der Waals surface area contributed by atoms with Crippen LogP contribution >= 0.6 is 0 Å². The number of rotatable bonds is 5. The van der Waals surface area contributed by atoms with Crippen molar-refractivity contribution in [2.75, 3.05) is 39.3 Å². The molecule has 0 aliphatic carbocycles. The molecule has 1 amide bonds. The second-order valence-electron chi connectivity index (χ2n) is 6.07. The minimum Gasteiger partial charge on any atom is -0.376 e. The van der Waals surface area contributed by atoms with Gasteiger partial charge in [-0.1, -0.05) is 12.1 Å². The van der Waals surface area contributed by atoms with Gasteiger partial charge in [-0.15, -0.1) is 0 Å². The number of ether oxygens (including phenoxy) is 1. The normalized spacial score (nSPS) is 22.6. The van der Waals surface area contributed by atoms with E-state index in [9.17, 15) is 4.79 Å². The molecule has 0 radical (unpaired) electrons. The van der Waals surface area contributed by atoms with Crippen LogP contribution in [0.4, 0.5) is 0 Å². The van der Waals surface area contributed by atoms with Crippen molar-refractivity contribution >= 4 is 5.91 Å². The Morgan fingerprint density at radius 3 is 3.00 bits per heavy atom. The van der Waals surface area contributed by atoms with E-state index in [-0.39, 0.29) is 12.0 Å². The molecule has 1 aromatic carbocycles. The number of hydrogen-bond donors (Lipinski definition) is 2. The average molecular weight is 303 g/mol. The van der Waals surface area contributed by atoms with Gasteiger partial charge in [-0.2, -0.15) is 0 Å². The Kier molecular flexibility index (Phi) is 5.43. The zero-order valence-corrected chi connectivity index (χ0v) is 13.0.